The quantitative estimate of drug-likeness (QED) is 0.376. The van der Waals surface area contributed by atoms with E-state index in [4.69, 9.17) is 16.3 Å². The largest absolute Gasteiger partial charge is 0.421 e. The van der Waals surface area contributed by atoms with Gasteiger partial charge in [0.15, 0.2) is 5.75 Å². The summed E-state index contributed by atoms with van der Waals surface area (Å²) in [5.74, 6) is -0.730. The zero-order chi connectivity index (χ0) is 14.9. The van der Waals surface area contributed by atoms with Crippen LogP contribution in [-0.2, 0) is 7.05 Å². The number of halogens is 1. The summed E-state index contributed by atoms with van der Waals surface area (Å²) in [6, 6.07) is 3.64. The van der Waals surface area contributed by atoms with E-state index < -0.39 is 10.9 Å². The van der Waals surface area contributed by atoms with Gasteiger partial charge in [0.25, 0.3) is 5.69 Å². The summed E-state index contributed by atoms with van der Waals surface area (Å²) < 4.78 is 6.61. The molecule has 0 spiro atoms. The van der Waals surface area contributed by atoms with Gasteiger partial charge in [-0.05, 0) is 13.0 Å². The molecule has 0 amide bonds. The number of nitro benzene ring substituents is 1. The molecule has 0 aliphatic rings. The lowest BCUT2D eigenvalue weighted by molar-refractivity contribution is -0.384. The first-order valence-electron chi connectivity index (χ1n) is 5.55. The molecule has 0 fully saturated rings. The number of hydrogen-bond acceptors (Lipinski definition) is 5. The van der Waals surface area contributed by atoms with Crippen molar-refractivity contribution < 1.29 is 14.5 Å². The minimum Gasteiger partial charge on any atom is -0.421 e. The van der Waals surface area contributed by atoms with Gasteiger partial charge in [0.05, 0.1) is 22.2 Å². The van der Waals surface area contributed by atoms with E-state index >= 15 is 0 Å². The molecule has 8 heteroatoms. The first kappa shape index (κ1) is 14.0. The summed E-state index contributed by atoms with van der Waals surface area (Å²) in [5, 5.41) is 14.7. The molecular formula is C12H10ClN3O4. The van der Waals surface area contributed by atoms with Crippen LogP contribution in [0.1, 0.15) is 16.1 Å². The lowest BCUT2D eigenvalue weighted by Gasteiger charge is -2.05. The van der Waals surface area contributed by atoms with Gasteiger partial charge in [0.2, 0.25) is 0 Å². The number of nitrogens with zero attached hydrogens (tertiary/aromatic N) is 3. The molecule has 0 aliphatic carbocycles. The summed E-state index contributed by atoms with van der Waals surface area (Å²) in [6.07, 6.45) is 1.36. The van der Waals surface area contributed by atoms with Gasteiger partial charge in [-0.3, -0.25) is 14.8 Å². The second-order valence-corrected chi connectivity index (χ2v) is 4.44. The van der Waals surface area contributed by atoms with Crippen LogP contribution >= 0.6 is 11.6 Å². The van der Waals surface area contributed by atoms with Crippen LogP contribution in [0, 0.1) is 17.0 Å². The van der Waals surface area contributed by atoms with E-state index in [0.717, 1.165) is 6.07 Å². The van der Waals surface area contributed by atoms with Crippen molar-refractivity contribution in [3.63, 3.8) is 0 Å². The maximum Gasteiger partial charge on any atom is 0.347 e. The number of aromatic nitrogens is 2. The zero-order valence-electron chi connectivity index (χ0n) is 10.7. The average molecular weight is 296 g/mol. The summed E-state index contributed by atoms with van der Waals surface area (Å²) in [7, 11) is 1.69. The molecule has 20 heavy (non-hydrogen) atoms. The van der Waals surface area contributed by atoms with Crippen molar-refractivity contribution in [2.75, 3.05) is 0 Å². The molecule has 0 radical (unpaired) electrons. The summed E-state index contributed by atoms with van der Waals surface area (Å²) in [6.45, 7) is 1.71. The van der Waals surface area contributed by atoms with Gasteiger partial charge in [-0.25, -0.2) is 4.79 Å². The van der Waals surface area contributed by atoms with Crippen LogP contribution in [0.3, 0.4) is 0 Å². The van der Waals surface area contributed by atoms with Gasteiger partial charge in [-0.1, -0.05) is 11.6 Å². The maximum atomic E-state index is 12.0. The molecule has 2 rings (SSSR count). The van der Waals surface area contributed by atoms with Crippen molar-refractivity contribution in [1.82, 2.24) is 9.78 Å². The van der Waals surface area contributed by atoms with Gasteiger partial charge in [0.1, 0.15) is 5.56 Å². The Morgan fingerprint density at radius 3 is 2.75 bits per heavy atom. The molecule has 1 aromatic heterocycles. The van der Waals surface area contributed by atoms with E-state index in [1.807, 2.05) is 0 Å². The van der Waals surface area contributed by atoms with Crippen LogP contribution in [-0.4, -0.2) is 20.7 Å². The van der Waals surface area contributed by atoms with Gasteiger partial charge in [-0.15, -0.1) is 0 Å². The van der Waals surface area contributed by atoms with Crippen molar-refractivity contribution in [3.8, 4) is 5.75 Å². The third-order valence-corrected chi connectivity index (χ3v) is 3.10. The topological polar surface area (TPSA) is 87.3 Å². The molecule has 0 aliphatic heterocycles. The molecule has 0 N–H and O–H groups in total. The molecule has 0 bridgehead atoms. The number of carbonyl (C=O) groups is 1. The monoisotopic (exact) mass is 295 g/mol. The van der Waals surface area contributed by atoms with Crippen LogP contribution in [0.15, 0.2) is 24.4 Å². The van der Waals surface area contributed by atoms with Crippen molar-refractivity contribution >= 4 is 23.3 Å². The highest BCUT2D eigenvalue weighted by Gasteiger charge is 2.18. The van der Waals surface area contributed by atoms with Crippen molar-refractivity contribution in [1.29, 1.82) is 0 Å². The molecule has 0 saturated heterocycles. The van der Waals surface area contributed by atoms with E-state index in [9.17, 15) is 14.9 Å². The second-order valence-electron chi connectivity index (χ2n) is 4.03. The number of carbonyl (C=O) groups excluding carboxylic acids is 1. The van der Waals surface area contributed by atoms with E-state index in [2.05, 4.69) is 5.10 Å². The van der Waals surface area contributed by atoms with Gasteiger partial charge >= 0.3 is 5.97 Å². The predicted molar refractivity (Wildman–Crippen MR) is 71.0 cm³/mol. The molecule has 0 unspecified atom stereocenters. The Balaban J connectivity index is 2.30. The minimum atomic E-state index is -0.669. The maximum absolute atomic E-state index is 12.0. The number of ether oxygens (including phenoxy) is 1. The Morgan fingerprint density at radius 1 is 1.50 bits per heavy atom. The molecule has 2 aromatic rings. The molecular weight excluding hydrogens is 286 g/mol. The van der Waals surface area contributed by atoms with Crippen LogP contribution in [0.5, 0.6) is 5.75 Å². The van der Waals surface area contributed by atoms with Crippen LogP contribution in [0.2, 0.25) is 5.02 Å². The van der Waals surface area contributed by atoms with Gasteiger partial charge < -0.3 is 4.74 Å². The summed E-state index contributed by atoms with van der Waals surface area (Å²) in [5.41, 5.74) is 0.687. The smallest absolute Gasteiger partial charge is 0.347 e. The number of nitro groups is 1. The fourth-order valence-electron chi connectivity index (χ4n) is 1.54. The zero-order valence-corrected chi connectivity index (χ0v) is 11.4. The highest BCUT2D eigenvalue weighted by Crippen LogP contribution is 2.29. The molecule has 1 aromatic carbocycles. The Hall–Kier alpha value is -2.41. The Morgan fingerprint density at radius 2 is 2.20 bits per heavy atom. The highest BCUT2D eigenvalue weighted by molar-refractivity contribution is 6.32. The fourth-order valence-corrected chi connectivity index (χ4v) is 1.69. The SMILES string of the molecule is Cc1c(C(=O)Oc2cc([N+](=O)[O-])ccc2Cl)cnn1C. The Kier molecular flexibility index (Phi) is 3.71. The van der Waals surface area contributed by atoms with Crippen LogP contribution in [0.25, 0.3) is 0 Å². The third kappa shape index (κ3) is 2.62. The van der Waals surface area contributed by atoms with Crippen LogP contribution < -0.4 is 4.74 Å². The molecule has 0 saturated carbocycles. The van der Waals surface area contributed by atoms with Crippen molar-refractivity contribution in [3.05, 3.63) is 50.8 Å². The first-order chi connectivity index (χ1) is 9.40. The minimum absolute atomic E-state index is 0.0610. The van der Waals surface area contributed by atoms with Crippen molar-refractivity contribution in [2.24, 2.45) is 7.05 Å². The van der Waals surface area contributed by atoms with E-state index in [1.165, 1.54) is 23.0 Å². The molecule has 104 valence electrons. The van der Waals surface area contributed by atoms with Gasteiger partial charge in [0, 0.05) is 18.8 Å². The normalized spacial score (nSPS) is 10.3. The van der Waals surface area contributed by atoms with E-state index in [1.54, 1.807) is 14.0 Å². The Labute approximate surface area is 118 Å². The summed E-state index contributed by atoms with van der Waals surface area (Å²) in [4.78, 5) is 22.1. The number of hydrogen-bond donors (Lipinski definition) is 0. The number of benzene rings is 1. The lowest BCUT2D eigenvalue weighted by Crippen LogP contribution is -2.10. The molecule has 1 heterocycles. The summed E-state index contributed by atoms with van der Waals surface area (Å²) >= 11 is 5.86. The van der Waals surface area contributed by atoms with E-state index in [-0.39, 0.29) is 22.0 Å². The first-order valence-corrected chi connectivity index (χ1v) is 5.92. The average Bonchev–Trinajstić information content (AvgIpc) is 2.72. The fraction of sp³-hybridized carbons (Fsp3) is 0.167. The number of esters is 1. The van der Waals surface area contributed by atoms with E-state index in [0.29, 0.717) is 5.69 Å². The van der Waals surface area contributed by atoms with Crippen LogP contribution in [0.4, 0.5) is 5.69 Å². The Bertz CT molecular complexity index is 696. The lowest BCUT2D eigenvalue weighted by atomic mass is 10.2. The molecule has 0 atom stereocenters. The predicted octanol–water partition coefficient (Wildman–Crippen LogP) is 2.51. The second kappa shape index (κ2) is 5.30. The standard InChI is InChI=1S/C12H10ClN3O4/c1-7-9(6-14-15(7)2)12(17)20-11-5-8(16(18)19)3-4-10(11)13/h3-6H,1-2H3. The van der Waals surface area contributed by atoms with Crippen molar-refractivity contribution in [2.45, 2.75) is 6.92 Å². The highest BCUT2D eigenvalue weighted by atomic mass is 35.5. The van der Waals surface area contributed by atoms with Gasteiger partial charge in [-0.2, -0.15) is 5.10 Å². The number of aryl methyl sites for hydroxylation is 1. The molecule has 7 nitrogen and oxygen atoms in total. The number of non-ortho nitro benzene ring substituents is 1. The third-order valence-electron chi connectivity index (χ3n) is 2.78. The number of rotatable bonds is 3.